The monoisotopic (exact) mass is 453 g/mol. The van der Waals surface area contributed by atoms with Gasteiger partial charge in [-0.15, -0.1) is 0 Å². The minimum atomic E-state index is -0.790. The molecule has 0 atom stereocenters. The third-order valence-corrected chi connectivity index (χ3v) is 1.22. The molecule has 0 heterocycles. The molecule has 0 aliphatic heterocycles. The summed E-state index contributed by atoms with van der Waals surface area (Å²) in [7, 11) is 0. The van der Waals surface area contributed by atoms with Gasteiger partial charge in [0.15, 0.2) is 0 Å². The number of aliphatic carboxylic acids is 1. The second-order valence-electron chi connectivity index (χ2n) is 2.19. The van der Waals surface area contributed by atoms with Crippen LogP contribution in [0.1, 0.15) is 12.8 Å². The van der Waals surface area contributed by atoms with Crippen LogP contribution in [0.4, 0.5) is 0 Å². The molecule has 0 aliphatic rings. The maximum atomic E-state index is 10.1. The van der Waals surface area contributed by atoms with Gasteiger partial charge in [0.05, 0.1) is 0 Å². The molecule has 5 heteroatoms. The van der Waals surface area contributed by atoms with Gasteiger partial charge in [0.25, 0.3) is 0 Å². The van der Waals surface area contributed by atoms with Crippen LogP contribution >= 0.6 is 0 Å². The summed E-state index contributed by atoms with van der Waals surface area (Å²) in [4.78, 5) is 18.6. The number of carbonyl (C=O) groups excluding carboxylic acids is 1. The fourth-order valence-electron chi connectivity index (χ4n) is 0.656. The first-order valence-electron chi connectivity index (χ1n) is 3.85. The van der Waals surface area contributed by atoms with Crippen LogP contribution in [0.25, 0.3) is 0 Å². The molecule has 0 spiro atoms. The largest absolute Gasteiger partial charge is 0.543 e. The zero-order valence-electron chi connectivity index (χ0n) is 8.19. The van der Waals surface area contributed by atoms with Gasteiger partial charge in [-0.05, 0) is 12.0 Å². The van der Waals surface area contributed by atoms with Crippen LogP contribution in [0, 0.1) is 0 Å². The Bertz CT molecular complexity index is 237. The number of amides is 1. The maximum absolute atomic E-state index is 10.1. The molecular formula is C10H14FmNO3-. The fraction of sp³-hybridized carbons (Fsp3) is 0.200. The minimum absolute atomic E-state index is 0. The van der Waals surface area contributed by atoms with Crippen LogP contribution < -0.4 is 5.73 Å². The van der Waals surface area contributed by atoms with Crippen molar-refractivity contribution in [3.05, 3.63) is 37.0 Å². The summed E-state index contributed by atoms with van der Waals surface area (Å²) in [5.41, 5.74) is 4.95. The van der Waals surface area contributed by atoms with Crippen LogP contribution in [-0.4, -0.2) is 17.5 Å². The average Bonchev–Trinajstić information content (AvgIpc) is 2.13. The van der Waals surface area contributed by atoms with Crippen molar-refractivity contribution in [1.82, 2.24) is 0 Å². The van der Waals surface area contributed by atoms with Crippen molar-refractivity contribution in [2.45, 2.75) is 12.8 Å². The number of carboxylic acid groups (broad SMARTS) is 1. The van der Waals surface area contributed by atoms with E-state index in [1.807, 2.05) is 0 Å². The second-order valence-corrected chi connectivity index (χ2v) is 2.19. The van der Waals surface area contributed by atoms with Crippen molar-refractivity contribution >= 4 is 12.4 Å². The molecule has 0 aromatic heterocycles. The summed E-state index contributed by atoms with van der Waals surface area (Å²) in [6, 6.07) is 0. The average molecular weight is 453 g/mol. The van der Waals surface area contributed by atoms with Gasteiger partial charge in [-0.1, -0.05) is 31.4 Å². The van der Waals surface area contributed by atoms with E-state index in [9.17, 15) is 4.79 Å². The van der Waals surface area contributed by atoms with Gasteiger partial charge < -0.3 is 15.6 Å². The zero-order valence-corrected chi connectivity index (χ0v) is 10.6. The molecule has 0 rings (SSSR count). The number of hydrogen-bond donors (Lipinski definition) is 2. The third kappa shape index (κ3) is 18.3. The molecule has 0 aromatic carbocycles. The van der Waals surface area contributed by atoms with Crippen LogP contribution in [-0.2, 0) is 9.59 Å². The predicted molar refractivity (Wildman–Crippen MR) is 55.2 cm³/mol. The zero-order chi connectivity index (χ0) is 11.4. The van der Waals surface area contributed by atoms with Crippen LogP contribution in [0.2, 0.25) is 0 Å². The Kier molecular flexibility index (Phi) is 16.5. The van der Waals surface area contributed by atoms with E-state index in [1.165, 1.54) is 0 Å². The molecule has 0 aliphatic carbocycles. The SMILES string of the molecule is C=C/C=C(\C=C)CCC(=O)O.N[C-]=O.[Fm]. The first-order chi connectivity index (χ1) is 6.62. The number of hydrogen-bond acceptors (Lipinski definition) is 2. The van der Waals surface area contributed by atoms with Gasteiger partial charge in [0.1, 0.15) is 0 Å². The Morgan fingerprint density at radius 1 is 1.40 bits per heavy atom. The Morgan fingerprint density at radius 2 is 1.87 bits per heavy atom. The number of nitrogens with two attached hydrogens (primary N) is 1. The van der Waals surface area contributed by atoms with Gasteiger partial charge in [0, 0.05) is 6.42 Å². The molecule has 3 N–H and O–H groups in total. The van der Waals surface area contributed by atoms with E-state index in [4.69, 9.17) is 9.90 Å². The van der Waals surface area contributed by atoms with Gasteiger partial charge in [0.2, 0.25) is 0 Å². The van der Waals surface area contributed by atoms with Crippen LogP contribution in [0.15, 0.2) is 37.0 Å². The van der Waals surface area contributed by atoms with E-state index in [0.717, 1.165) is 12.0 Å². The van der Waals surface area contributed by atoms with Gasteiger partial charge in [-0.3, -0.25) is 4.79 Å². The molecule has 4 nitrogen and oxygen atoms in total. The molecule has 0 unspecified atom stereocenters. The van der Waals surface area contributed by atoms with E-state index in [-0.39, 0.29) is 6.42 Å². The van der Waals surface area contributed by atoms with Gasteiger partial charge in [-0.2, -0.15) is 6.41 Å². The van der Waals surface area contributed by atoms with Crippen molar-refractivity contribution in [1.29, 1.82) is 0 Å². The maximum Gasteiger partial charge on any atom is 0.303 e. The quantitative estimate of drug-likeness (QED) is 0.373. The normalized spacial score (nSPS) is 8.67. The first kappa shape index (κ1) is 18.0. The number of carboxylic acids is 1. The van der Waals surface area contributed by atoms with E-state index in [0.29, 0.717) is 6.42 Å². The number of rotatable bonds is 5. The summed E-state index contributed by atoms with van der Waals surface area (Å²) in [5.74, 6) is -0.790. The van der Waals surface area contributed by atoms with Crippen molar-refractivity contribution in [2.75, 3.05) is 0 Å². The topological polar surface area (TPSA) is 80.4 Å². The van der Waals surface area contributed by atoms with E-state index >= 15 is 0 Å². The Balaban J connectivity index is -0.000000320. The molecule has 0 saturated carbocycles. The molecule has 0 aromatic rings. The summed E-state index contributed by atoms with van der Waals surface area (Å²) >= 11 is 0. The van der Waals surface area contributed by atoms with Crippen LogP contribution in [0.3, 0.4) is 0 Å². The number of primary amides is 1. The van der Waals surface area contributed by atoms with Crippen LogP contribution in [0.5, 0.6) is 0 Å². The molecule has 1 amide bonds. The molecule has 0 bridgehead atoms. The molecule has 0 fully saturated rings. The third-order valence-electron chi connectivity index (χ3n) is 1.22. The Labute approximate surface area is 83.4 Å². The van der Waals surface area contributed by atoms with Gasteiger partial charge in [-0.25, -0.2) is 0 Å². The van der Waals surface area contributed by atoms with Crippen molar-refractivity contribution < 1.29 is 14.7 Å². The molecule has 15 heavy (non-hydrogen) atoms. The summed E-state index contributed by atoms with van der Waals surface area (Å²) in [6.07, 6.45) is 6.69. The smallest absolute Gasteiger partial charge is 0.303 e. The summed E-state index contributed by atoms with van der Waals surface area (Å²) in [5, 5.41) is 8.34. The first-order valence-corrected chi connectivity index (χ1v) is 3.85. The number of allylic oxidation sites excluding steroid dienone is 4. The van der Waals surface area contributed by atoms with Crippen molar-refractivity contribution in [2.24, 2.45) is 5.73 Å². The number of carbonyl (C=O) groups is 1. The second kappa shape index (κ2) is 13.7. The standard InChI is InChI=1S/C9H12O2.CH2NO.Fm/c1-3-5-8(4-2)6-7-9(10)11;2-1-3;/h3-5H,1-2,6-7H2,(H,10,11);(H2,2,3);/q;-1;/b8-5+;;. The molecular weight excluding hydrogens is 439 g/mol. The molecule has 0 radical (unpaired) electrons. The van der Waals surface area contributed by atoms with Crippen molar-refractivity contribution in [3.8, 4) is 0 Å². The Hall–Kier alpha value is -2.84. The van der Waals surface area contributed by atoms with E-state index in [2.05, 4.69) is 18.9 Å². The van der Waals surface area contributed by atoms with Crippen molar-refractivity contribution in [3.63, 3.8) is 0 Å². The molecule has 90 valence electrons. The molecule has 0 saturated heterocycles. The van der Waals surface area contributed by atoms with E-state index in [1.54, 1.807) is 18.2 Å². The fourth-order valence-corrected chi connectivity index (χ4v) is 0.656. The summed E-state index contributed by atoms with van der Waals surface area (Å²) in [6.45, 7) is 7.05. The summed E-state index contributed by atoms with van der Waals surface area (Å²) < 4.78 is 0. The predicted octanol–water partition coefficient (Wildman–Crippen LogP) is 1.16. The minimum Gasteiger partial charge on any atom is -0.543 e. The van der Waals surface area contributed by atoms with E-state index < -0.39 is 5.97 Å². The van der Waals surface area contributed by atoms with Gasteiger partial charge >= 0.3 is 5.97 Å². The Morgan fingerprint density at radius 3 is 2.13 bits per heavy atom.